The summed E-state index contributed by atoms with van der Waals surface area (Å²) >= 11 is 0. The van der Waals surface area contributed by atoms with Gasteiger partial charge in [0.1, 0.15) is 11.5 Å². The normalized spacial score (nSPS) is 12.1. The van der Waals surface area contributed by atoms with Crippen molar-refractivity contribution in [1.82, 2.24) is 0 Å². The molecular formula is C20H22O7S. The zero-order valence-electron chi connectivity index (χ0n) is 15.9. The summed E-state index contributed by atoms with van der Waals surface area (Å²) in [5.41, 5.74) is 0.368. The molecule has 0 aliphatic rings. The van der Waals surface area contributed by atoms with E-state index in [1.165, 1.54) is 45.4 Å². The SMILES string of the molecule is COc1ccc(C(=O)C(C)OC(=O)CCS(=O)(=O)c2ccc(OC)cc2)cc1. The molecule has 0 aromatic heterocycles. The third-order valence-electron chi connectivity index (χ3n) is 4.05. The fourth-order valence-electron chi connectivity index (χ4n) is 2.42. The van der Waals surface area contributed by atoms with Crippen molar-refractivity contribution in [2.75, 3.05) is 20.0 Å². The minimum absolute atomic E-state index is 0.0865. The number of hydrogen-bond donors (Lipinski definition) is 0. The highest BCUT2D eigenvalue weighted by molar-refractivity contribution is 7.91. The van der Waals surface area contributed by atoms with Crippen LogP contribution in [0.3, 0.4) is 0 Å². The van der Waals surface area contributed by atoms with Crippen LogP contribution in [0.4, 0.5) is 0 Å². The molecule has 0 aliphatic carbocycles. The van der Waals surface area contributed by atoms with Gasteiger partial charge in [-0.05, 0) is 55.5 Å². The van der Waals surface area contributed by atoms with Crippen LogP contribution in [-0.4, -0.2) is 46.2 Å². The van der Waals surface area contributed by atoms with Crippen molar-refractivity contribution in [2.45, 2.75) is 24.3 Å². The maximum absolute atomic E-state index is 12.3. The van der Waals surface area contributed by atoms with Gasteiger partial charge >= 0.3 is 5.97 Å². The number of benzene rings is 2. The van der Waals surface area contributed by atoms with Crippen LogP contribution in [0.2, 0.25) is 0 Å². The van der Waals surface area contributed by atoms with E-state index in [1.807, 2.05) is 0 Å². The van der Waals surface area contributed by atoms with Gasteiger partial charge in [-0.2, -0.15) is 0 Å². The topological polar surface area (TPSA) is 96.0 Å². The average Bonchev–Trinajstić information content (AvgIpc) is 2.72. The first-order chi connectivity index (χ1) is 13.3. The van der Waals surface area contributed by atoms with Crippen molar-refractivity contribution >= 4 is 21.6 Å². The summed E-state index contributed by atoms with van der Waals surface area (Å²) < 4.78 is 39.7. The van der Waals surface area contributed by atoms with E-state index >= 15 is 0 Å². The maximum atomic E-state index is 12.3. The van der Waals surface area contributed by atoms with E-state index in [9.17, 15) is 18.0 Å². The molecule has 0 saturated heterocycles. The van der Waals surface area contributed by atoms with E-state index in [0.29, 0.717) is 17.1 Å². The summed E-state index contributed by atoms with van der Waals surface area (Å²) in [5, 5.41) is 0. The predicted molar refractivity (Wildman–Crippen MR) is 103 cm³/mol. The van der Waals surface area contributed by atoms with E-state index in [2.05, 4.69) is 0 Å². The smallest absolute Gasteiger partial charge is 0.307 e. The summed E-state index contributed by atoms with van der Waals surface area (Å²) in [6, 6.07) is 12.3. The van der Waals surface area contributed by atoms with Crippen molar-refractivity contribution < 1.29 is 32.2 Å². The third kappa shape index (κ3) is 5.56. The van der Waals surface area contributed by atoms with Gasteiger partial charge in [0.2, 0.25) is 5.78 Å². The molecule has 0 radical (unpaired) electrons. The lowest BCUT2D eigenvalue weighted by molar-refractivity contribution is -0.145. The number of hydrogen-bond acceptors (Lipinski definition) is 7. The Balaban J connectivity index is 1.92. The Bertz CT molecular complexity index is 916. The molecule has 1 atom stereocenters. The molecule has 0 amide bonds. The van der Waals surface area contributed by atoms with Gasteiger partial charge in [0, 0.05) is 5.56 Å². The highest BCUT2D eigenvalue weighted by atomic mass is 32.2. The molecule has 150 valence electrons. The number of carbonyl (C=O) groups is 2. The van der Waals surface area contributed by atoms with Crippen molar-refractivity contribution in [3.05, 3.63) is 54.1 Å². The van der Waals surface area contributed by atoms with Crippen molar-refractivity contribution in [3.63, 3.8) is 0 Å². The van der Waals surface area contributed by atoms with Gasteiger partial charge in [0.05, 0.1) is 31.3 Å². The fraction of sp³-hybridized carbons (Fsp3) is 0.300. The molecular weight excluding hydrogens is 384 g/mol. The third-order valence-corrected chi connectivity index (χ3v) is 5.78. The number of ketones is 1. The zero-order chi connectivity index (χ0) is 20.7. The number of Topliss-reactive ketones (excluding diaryl/α,β-unsaturated/α-hetero) is 1. The Labute approximate surface area is 164 Å². The first kappa shape index (κ1) is 21.4. The van der Waals surface area contributed by atoms with Crippen LogP contribution in [0.25, 0.3) is 0 Å². The Morgan fingerprint density at radius 2 is 1.39 bits per heavy atom. The van der Waals surface area contributed by atoms with Gasteiger partial charge in [-0.15, -0.1) is 0 Å². The van der Waals surface area contributed by atoms with Crippen LogP contribution in [0.1, 0.15) is 23.7 Å². The molecule has 0 bridgehead atoms. The van der Waals surface area contributed by atoms with Gasteiger partial charge < -0.3 is 14.2 Å². The van der Waals surface area contributed by atoms with E-state index < -0.39 is 27.7 Å². The van der Waals surface area contributed by atoms with Crippen LogP contribution < -0.4 is 9.47 Å². The largest absolute Gasteiger partial charge is 0.497 e. The standard InChI is InChI=1S/C20H22O7S/c1-14(20(22)15-4-6-16(25-2)7-5-15)27-19(21)12-13-28(23,24)18-10-8-17(26-3)9-11-18/h4-11,14H,12-13H2,1-3H3. The second kappa shape index (κ2) is 9.36. The summed E-state index contributed by atoms with van der Waals surface area (Å²) in [4.78, 5) is 24.4. The Morgan fingerprint density at radius 1 is 0.893 bits per heavy atom. The number of sulfone groups is 1. The highest BCUT2D eigenvalue weighted by Gasteiger charge is 2.22. The molecule has 8 heteroatoms. The van der Waals surface area contributed by atoms with E-state index in [1.54, 1.807) is 24.3 Å². The molecule has 0 saturated carbocycles. The van der Waals surface area contributed by atoms with E-state index in [4.69, 9.17) is 14.2 Å². The van der Waals surface area contributed by atoms with Crippen LogP contribution in [0.15, 0.2) is 53.4 Å². The van der Waals surface area contributed by atoms with Gasteiger partial charge in [0.25, 0.3) is 0 Å². The summed E-state index contributed by atoms with van der Waals surface area (Å²) in [5.74, 6) is -0.420. The second-order valence-electron chi connectivity index (χ2n) is 5.97. The molecule has 1 unspecified atom stereocenters. The van der Waals surface area contributed by atoms with Gasteiger partial charge in [-0.3, -0.25) is 9.59 Å². The van der Waals surface area contributed by atoms with Crippen LogP contribution in [0, 0.1) is 0 Å². The minimum Gasteiger partial charge on any atom is -0.497 e. The molecule has 0 heterocycles. The molecule has 2 aromatic rings. The Hall–Kier alpha value is -2.87. The minimum atomic E-state index is -3.65. The molecule has 28 heavy (non-hydrogen) atoms. The van der Waals surface area contributed by atoms with E-state index in [-0.39, 0.29) is 17.1 Å². The fourth-order valence-corrected chi connectivity index (χ4v) is 3.64. The summed E-state index contributed by atoms with van der Waals surface area (Å²) in [7, 11) is -0.656. The van der Waals surface area contributed by atoms with Crippen LogP contribution in [-0.2, 0) is 19.4 Å². The Kier molecular flexibility index (Phi) is 7.17. The number of esters is 1. The number of ether oxygens (including phenoxy) is 3. The lowest BCUT2D eigenvalue weighted by Gasteiger charge is -2.13. The molecule has 2 rings (SSSR count). The number of methoxy groups -OCH3 is 2. The van der Waals surface area contributed by atoms with Gasteiger partial charge in [-0.25, -0.2) is 8.42 Å². The van der Waals surface area contributed by atoms with Crippen molar-refractivity contribution in [2.24, 2.45) is 0 Å². The molecule has 0 spiro atoms. The molecule has 2 aromatic carbocycles. The zero-order valence-corrected chi connectivity index (χ0v) is 16.7. The average molecular weight is 406 g/mol. The number of carbonyl (C=O) groups excluding carboxylic acids is 2. The first-order valence-electron chi connectivity index (χ1n) is 8.51. The van der Waals surface area contributed by atoms with E-state index in [0.717, 1.165) is 0 Å². The molecule has 0 aliphatic heterocycles. The summed E-state index contributed by atoms with van der Waals surface area (Å²) in [6.45, 7) is 1.45. The van der Waals surface area contributed by atoms with Gasteiger partial charge in [0.15, 0.2) is 15.9 Å². The predicted octanol–water partition coefficient (Wildman–Crippen LogP) is 2.68. The van der Waals surface area contributed by atoms with Crippen LogP contribution >= 0.6 is 0 Å². The monoisotopic (exact) mass is 406 g/mol. The molecule has 0 fully saturated rings. The number of rotatable bonds is 9. The van der Waals surface area contributed by atoms with Gasteiger partial charge in [-0.1, -0.05) is 0 Å². The molecule has 0 N–H and O–H groups in total. The quantitative estimate of drug-likeness (QED) is 0.467. The summed E-state index contributed by atoms with van der Waals surface area (Å²) in [6.07, 6.45) is -1.38. The highest BCUT2D eigenvalue weighted by Crippen LogP contribution is 2.18. The second-order valence-corrected chi connectivity index (χ2v) is 8.08. The van der Waals surface area contributed by atoms with Crippen molar-refractivity contribution in [3.8, 4) is 11.5 Å². The van der Waals surface area contributed by atoms with Crippen LogP contribution in [0.5, 0.6) is 11.5 Å². The molecule has 7 nitrogen and oxygen atoms in total. The maximum Gasteiger partial charge on any atom is 0.307 e. The lowest BCUT2D eigenvalue weighted by Crippen LogP contribution is -2.25. The first-order valence-corrected chi connectivity index (χ1v) is 10.2. The lowest BCUT2D eigenvalue weighted by atomic mass is 10.1. The van der Waals surface area contributed by atoms with Crippen molar-refractivity contribution in [1.29, 1.82) is 0 Å². The Morgan fingerprint density at radius 3 is 1.89 bits per heavy atom.